The second-order valence-corrected chi connectivity index (χ2v) is 6.11. The molecule has 4 rings (SSSR count). The van der Waals surface area contributed by atoms with Gasteiger partial charge in [0.25, 0.3) is 0 Å². The molecule has 1 aromatic carbocycles. The van der Waals surface area contributed by atoms with E-state index in [0.29, 0.717) is 11.3 Å². The largest absolute Gasteiger partial charge is 0.496 e. The van der Waals surface area contributed by atoms with Crippen LogP contribution in [0.5, 0.6) is 5.75 Å². The molecule has 0 amide bonds. The average molecular weight is 332 g/mol. The number of epoxide rings is 1. The van der Waals surface area contributed by atoms with E-state index in [2.05, 4.69) is 0 Å². The van der Waals surface area contributed by atoms with Crippen LogP contribution in [0.25, 0.3) is 11.0 Å². The van der Waals surface area contributed by atoms with Gasteiger partial charge in [-0.05, 0) is 19.1 Å². The Kier molecular flexibility index (Phi) is 3.20. The van der Waals surface area contributed by atoms with E-state index in [9.17, 15) is 9.59 Å². The molecule has 126 valence electrons. The van der Waals surface area contributed by atoms with Crippen molar-refractivity contribution >= 4 is 16.9 Å². The Balaban J connectivity index is 1.75. The van der Waals surface area contributed by atoms with Crippen LogP contribution in [-0.4, -0.2) is 31.1 Å². The third-order valence-electron chi connectivity index (χ3n) is 4.45. The molecule has 1 aromatic heterocycles. The number of rotatable bonds is 3. The van der Waals surface area contributed by atoms with Crippen molar-refractivity contribution < 1.29 is 28.2 Å². The number of ether oxygens (including phenoxy) is 4. The Morgan fingerprint density at radius 2 is 2.08 bits per heavy atom. The monoisotopic (exact) mass is 332 g/mol. The maximum absolute atomic E-state index is 11.4. The maximum Gasteiger partial charge on any atom is 0.336 e. The summed E-state index contributed by atoms with van der Waals surface area (Å²) in [6.45, 7) is 3.17. The maximum atomic E-state index is 11.4. The highest BCUT2D eigenvalue weighted by molar-refractivity contribution is 5.79. The lowest BCUT2D eigenvalue weighted by Crippen LogP contribution is -2.30. The summed E-state index contributed by atoms with van der Waals surface area (Å²) in [5, 5.41) is 0.743. The number of benzene rings is 1. The minimum atomic E-state index is -0.765. The molecular formula is C17H16O7. The van der Waals surface area contributed by atoms with Crippen LogP contribution in [0.4, 0.5) is 0 Å². The zero-order valence-electron chi connectivity index (χ0n) is 13.4. The Bertz CT molecular complexity index is 886. The predicted octanol–water partition coefficient (Wildman–Crippen LogP) is 1.92. The first-order valence-electron chi connectivity index (χ1n) is 7.54. The molecule has 2 saturated heterocycles. The van der Waals surface area contributed by atoms with Crippen LogP contribution in [0.1, 0.15) is 25.5 Å². The molecule has 0 radical (unpaired) electrons. The van der Waals surface area contributed by atoms with Gasteiger partial charge in [-0.15, -0.1) is 0 Å². The van der Waals surface area contributed by atoms with Gasteiger partial charge < -0.3 is 23.4 Å². The van der Waals surface area contributed by atoms with Crippen molar-refractivity contribution in [3.63, 3.8) is 0 Å². The smallest absolute Gasteiger partial charge is 0.336 e. The molecule has 0 bridgehead atoms. The van der Waals surface area contributed by atoms with Gasteiger partial charge in [-0.1, -0.05) is 0 Å². The van der Waals surface area contributed by atoms with Gasteiger partial charge in [-0.3, -0.25) is 4.79 Å². The van der Waals surface area contributed by atoms with Crippen molar-refractivity contribution in [1.29, 1.82) is 0 Å². The minimum absolute atomic E-state index is 0.232. The van der Waals surface area contributed by atoms with Gasteiger partial charge in [0.2, 0.25) is 6.29 Å². The number of carbonyl (C=O) groups is 1. The zero-order chi connectivity index (χ0) is 17.1. The second kappa shape index (κ2) is 5.06. The van der Waals surface area contributed by atoms with E-state index in [1.54, 1.807) is 12.1 Å². The number of hydrogen-bond donors (Lipinski definition) is 0. The molecular weight excluding hydrogens is 316 g/mol. The predicted molar refractivity (Wildman–Crippen MR) is 81.7 cm³/mol. The molecule has 2 fully saturated rings. The van der Waals surface area contributed by atoms with E-state index < -0.39 is 29.6 Å². The van der Waals surface area contributed by atoms with Crippen LogP contribution < -0.4 is 10.4 Å². The van der Waals surface area contributed by atoms with E-state index in [4.69, 9.17) is 23.4 Å². The topological polar surface area (TPSA) is 87.5 Å². The van der Waals surface area contributed by atoms with E-state index in [1.807, 2.05) is 13.0 Å². The Morgan fingerprint density at radius 3 is 2.79 bits per heavy atom. The number of hydrogen-bond acceptors (Lipinski definition) is 7. The Hall–Kier alpha value is -2.38. The molecule has 2 unspecified atom stereocenters. The molecule has 7 heteroatoms. The van der Waals surface area contributed by atoms with Crippen LogP contribution in [0.15, 0.2) is 33.5 Å². The van der Waals surface area contributed by atoms with E-state index in [-0.39, 0.29) is 6.10 Å². The van der Waals surface area contributed by atoms with Gasteiger partial charge in [0.15, 0.2) is 5.60 Å². The molecule has 0 aliphatic carbocycles. The number of methoxy groups -OCH3 is 1. The fraction of sp³-hybridized carbons (Fsp3) is 0.412. The van der Waals surface area contributed by atoms with Gasteiger partial charge in [-0.25, -0.2) is 4.79 Å². The first kappa shape index (κ1) is 15.2. The molecule has 0 saturated carbocycles. The second-order valence-electron chi connectivity index (χ2n) is 6.11. The fourth-order valence-electron chi connectivity index (χ4n) is 3.18. The Labute approximate surface area is 137 Å². The van der Waals surface area contributed by atoms with Crippen LogP contribution in [-0.2, 0) is 19.0 Å². The summed E-state index contributed by atoms with van der Waals surface area (Å²) in [4.78, 5) is 22.6. The van der Waals surface area contributed by atoms with Crippen molar-refractivity contribution in [1.82, 2.24) is 0 Å². The van der Waals surface area contributed by atoms with Crippen LogP contribution in [0.3, 0.4) is 0 Å². The quantitative estimate of drug-likeness (QED) is 0.482. The lowest BCUT2D eigenvalue weighted by molar-refractivity contribution is -0.199. The normalized spacial score (nSPS) is 30.9. The molecule has 0 N–H and O–H groups in total. The number of carbonyl (C=O) groups excluding carboxylic acids is 1. The minimum Gasteiger partial charge on any atom is -0.496 e. The molecule has 7 nitrogen and oxygen atoms in total. The van der Waals surface area contributed by atoms with Crippen molar-refractivity contribution in [2.75, 3.05) is 7.11 Å². The van der Waals surface area contributed by atoms with Gasteiger partial charge in [0.1, 0.15) is 23.5 Å². The summed E-state index contributed by atoms with van der Waals surface area (Å²) >= 11 is 0. The van der Waals surface area contributed by atoms with Crippen molar-refractivity contribution in [2.45, 2.75) is 37.9 Å². The van der Waals surface area contributed by atoms with Crippen LogP contribution in [0.2, 0.25) is 0 Å². The highest BCUT2D eigenvalue weighted by Gasteiger charge is 2.70. The standard InChI is InChI=1S/C17H16O7/c1-8(18)21-16-17(2)15(24-17)14(23-16)10-6-9-4-5-13(19)22-11(9)7-12(10)20-3/h4-7,14-16H,1-3H3/t14-,15?,16?,17-/m1/s1. The zero-order valence-corrected chi connectivity index (χ0v) is 13.4. The lowest BCUT2D eigenvalue weighted by Gasteiger charge is -2.21. The van der Waals surface area contributed by atoms with Gasteiger partial charge in [0.05, 0.1) is 7.11 Å². The summed E-state index contributed by atoms with van der Waals surface area (Å²) < 4.78 is 27.4. The molecule has 2 aromatic rings. The average Bonchev–Trinajstić information content (AvgIpc) is 3.15. The summed E-state index contributed by atoms with van der Waals surface area (Å²) in [5.74, 6) is 0.0894. The summed E-state index contributed by atoms with van der Waals surface area (Å²) in [7, 11) is 1.52. The highest BCUT2D eigenvalue weighted by atomic mass is 16.8. The molecule has 0 spiro atoms. The first-order chi connectivity index (χ1) is 11.4. The van der Waals surface area contributed by atoms with Gasteiger partial charge in [0, 0.05) is 30.0 Å². The van der Waals surface area contributed by atoms with E-state index >= 15 is 0 Å². The van der Waals surface area contributed by atoms with E-state index in [0.717, 1.165) is 10.9 Å². The molecule has 2 aliphatic rings. The van der Waals surface area contributed by atoms with Crippen LogP contribution >= 0.6 is 0 Å². The molecule has 24 heavy (non-hydrogen) atoms. The van der Waals surface area contributed by atoms with Crippen molar-refractivity contribution in [3.05, 3.63) is 40.2 Å². The first-order valence-corrected chi connectivity index (χ1v) is 7.54. The highest BCUT2D eigenvalue weighted by Crippen LogP contribution is 2.57. The summed E-state index contributed by atoms with van der Waals surface area (Å²) in [5.41, 5.74) is 0.0984. The van der Waals surface area contributed by atoms with Crippen molar-refractivity contribution in [3.8, 4) is 5.75 Å². The summed E-state index contributed by atoms with van der Waals surface area (Å²) in [6, 6.07) is 6.51. The number of esters is 1. The molecule has 2 aliphatic heterocycles. The fourth-order valence-corrected chi connectivity index (χ4v) is 3.18. The van der Waals surface area contributed by atoms with Gasteiger partial charge >= 0.3 is 11.6 Å². The lowest BCUT2D eigenvalue weighted by atomic mass is 9.99. The number of fused-ring (bicyclic) bond motifs is 2. The summed E-state index contributed by atoms with van der Waals surface area (Å²) in [6.07, 6.45) is -1.44. The Morgan fingerprint density at radius 1 is 1.29 bits per heavy atom. The SMILES string of the molecule is COc1cc2oc(=O)ccc2cc1[C@H]1OC(OC(C)=O)[C@]2(C)OC12. The van der Waals surface area contributed by atoms with Crippen LogP contribution in [0, 0.1) is 0 Å². The van der Waals surface area contributed by atoms with Gasteiger partial charge in [-0.2, -0.15) is 0 Å². The van der Waals surface area contributed by atoms with Crippen molar-refractivity contribution in [2.24, 2.45) is 0 Å². The third-order valence-corrected chi connectivity index (χ3v) is 4.45. The van der Waals surface area contributed by atoms with E-state index in [1.165, 1.54) is 20.1 Å². The third kappa shape index (κ3) is 2.20. The molecule has 4 atom stereocenters. The molecule has 3 heterocycles.